The summed E-state index contributed by atoms with van der Waals surface area (Å²) < 4.78 is 0. The fraction of sp³-hybridized carbons (Fsp3) is 0.385. The largest absolute Gasteiger partial charge is 0.481 e. The molecule has 1 heterocycles. The molecule has 90 valence electrons. The van der Waals surface area contributed by atoms with Crippen molar-refractivity contribution in [2.45, 2.75) is 32.6 Å². The molecule has 0 aliphatic carbocycles. The molecule has 0 saturated heterocycles. The Morgan fingerprint density at radius 3 is 2.94 bits per heavy atom. The highest BCUT2D eigenvalue weighted by Gasteiger charge is 2.20. The van der Waals surface area contributed by atoms with Gasteiger partial charge in [0.1, 0.15) is 0 Å². The molecule has 0 fully saturated rings. The summed E-state index contributed by atoms with van der Waals surface area (Å²) in [7, 11) is 0. The molecule has 0 atom stereocenters. The van der Waals surface area contributed by atoms with Crippen molar-refractivity contribution in [1.29, 1.82) is 0 Å². The third-order valence-electron chi connectivity index (χ3n) is 2.90. The first-order valence-electron chi connectivity index (χ1n) is 5.70. The number of carboxylic acid groups (broad SMARTS) is 1. The van der Waals surface area contributed by atoms with E-state index in [1.54, 1.807) is 0 Å². The highest BCUT2D eigenvalue weighted by molar-refractivity contribution is 6.00. The summed E-state index contributed by atoms with van der Waals surface area (Å²) in [6.07, 6.45) is 1.89. The number of nitrogens with one attached hydrogen (secondary N) is 1. The lowest BCUT2D eigenvalue weighted by Crippen LogP contribution is -2.05. The van der Waals surface area contributed by atoms with E-state index in [-0.39, 0.29) is 12.3 Å². The van der Waals surface area contributed by atoms with Gasteiger partial charge in [0.2, 0.25) is 5.91 Å². The predicted octanol–water partition coefficient (Wildman–Crippen LogP) is 1.90. The van der Waals surface area contributed by atoms with Crippen LogP contribution in [0.2, 0.25) is 0 Å². The van der Waals surface area contributed by atoms with Crippen molar-refractivity contribution >= 4 is 17.6 Å². The molecule has 4 nitrogen and oxygen atoms in total. The Morgan fingerprint density at radius 1 is 1.47 bits per heavy atom. The number of hydrogen-bond acceptors (Lipinski definition) is 2. The highest BCUT2D eigenvalue weighted by Crippen LogP contribution is 2.29. The van der Waals surface area contributed by atoms with Crippen LogP contribution in [-0.2, 0) is 22.4 Å². The second kappa shape index (κ2) is 4.57. The van der Waals surface area contributed by atoms with Crippen LogP contribution in [0.3, 0.4) is 0 Å². The van der Waals surface area contributed by atoms with Gasteiger partial charge < -0.3 is 10.4 Å². The summed E-state index contributed by atoms with van der Waals surface area (Å²) in [6, 6.07) is 4.03. The van der Waals surface area contributed by atoms with E-state index in [9.17, 15) is 9.59 Å². The van der Waals surface area contributed by atoms with Crippen LogP contribution in [0.15, 0.2) is 12.1 Å². The number of rotatable bonds is 4. The molecule has 1 amide bonds. The fourth-order valence-corrected chi connectivity index (χ4v) is 2.23. The van der Waals surface area contributed by atoms with E-state index in [0.717, 1.165) is 22.4 Å². The van der Waals surface area contributed by atoms with Gasteiger partial charge in [0.25, 0.3) is 0 Å². The van der Waals surface area contributed by atoms with E-state index in [1.807, 2.05) is 19.1 Å². The molecule has 1 aromatic carbocycles. The third-order valence-corrected chi connectivity index (χ3v) is 2.90. The molecule has 2 rings (SSSR count). The smallest absolute Gasteiger partial charge is 0.303 e. The zero-order chi connectivity index (χ0) is 12.4. The van der Waals surface area contributed by atoms with Gasteiger partial charge in [-0.15, -0.1) is 0 Å². The van der Waals surface area contributed by atoms with Gasteiger partial charge in [-0.1, -0.05) is 17.7 Å². The normalized spacial score (nSPS) is 13.4. The van der Waals surface area contributed by atoms with E-state index in [0.29, 0.717) is 19.3 Å². The summed E-state index contributed by atoms with van der Waals surface area (Å²) in [6.45, 7) is 1.99. The predicted molar refractivity (Wildman–Crippen MR) is 64.1 cm³/mol. The number of carboxylic acids is 1. The average Bonchev–Trinajstić information content (AvgIpc) is 2.57. The second-order valence-electron chi connectivity index (χ2n) is 4.43. The minimum atomic E-state index is -0.779. The summed E-state index contributed by atoms with van der Waals surface area (Å²) in [5.41, 5.74) is 4.09. The molecular formula is C13H15NO3. The van der Waals surface area contributed by atoms with Crippen molar-refractivity contribution in [3.63, 3.8) is 0 Å². The number of carbonyl (C=O) groups excluding carboxylic acids is 1. The van der Waals surface area contributed by atoms with Crippen LogP contribution >= 0.6 is 0 Å². The molecule has 1 aliphatic heterocycles. The van der Waals surface area contributed by atoms with Gasteiger partial charge >= 0.3 is 5.97 Å². The fourth-order valence-electron chi connectivity index (χ4n) is 2.23. The molecule has 1 aromatic rings. The molecule has 0 aromatic heterocycles. The number of amides is 1. The van der Waals surface area contributed by atoms with Crippen LogP contribution in [0.1, 0.15) is 29.5 Å². The molecule has 0 unspecified atom stereocenters. The van der Waals surface area contributed by atoms with Crippen LogP contribution < -0.4 is 5.32 Å². The molecule has 0 spiro atoms. The van der Waals surface area contributed by atoms with Gasteiger partial charge in [0.05, 0.1) is 6.42 Å². The number of anilines is 1. The lowest BCUT2D eigenvalue weighted by atomic mass is 9.99. The van der Waals surface area contributed by atoms with Gasteiger partial charge in [0, 0.05) is 12.1 Å². The molecule has 0 saturated carbocycles. The lowest BCUT2D eigenvalue weighted by molar-refractivity contribution is -0.137. The number of fused-ring (bicyclic) bond motifs is 1. The zero-order valence-electron chi connectivity index (χ0n) is 9.75. The minimum absolute atomic E-state index is 0.0186. The van der Waals surface area contributed by atoms with E-state index < -0.39 is 5.97 Å². The Kier molecular flexibility index (Phi) is 3.13. The van der Waals surface area contributed by atoms with Crippen molar-refractivity contribution in [3.05, 3.63) is 28.8 Å². The van der Waals surface area contributed by atoms with Crippen LogP contribution in [0.5, 0.6) is 0 Å². The quantitative estimate of drug-likeness (QED) is 0.834. The van der Waals surface area contributed by atoms with Gasteiger partial charge in [0.15, 0.2) is 0 Å². The molecule has 17 heavy (non-hydrogen) atoms. The van der Waals surface area contributed by atoms with Crippen molar-refractivity contribution < 1.29 is 14.7 Å². The Hall–Kier alpha value is -1.84. The van der Waals surface area contributed by atoms with E-state index >= 15 is 0 Å². The maximum atomic E-state index is 11.3. The topological polar surface area (TPSA) is 66.4 Å². The van der Waals surface area contributed by atoms with E-state index in [4.69, 9.17) is 5.11 Å². The maximum absolute atomic E-state index is 11.3. The summed E-state index contributed by atoms with van der Waals surface area (Å²) in [4.78, 5) is 21.8. The van der Waals surface area contributed by atoms with Gasteiger partial charge in [-0.3, -0.25) is 9.59 Å². The van der Waals surface area contributed by atoms with Crippen molar-refractivity contribution in [3.8, 4) is 0 Å². The highest BCUT2D eigenvalue weighted by atomic mass is 16.4. The number of hydrogen-bond donors (Lipinski definition) is 2. The lowest BCUT2D eigenvalue weighted by Gasteiger charge is -2.09. The zero-order valence-corrected chi connectivity index (χ0v) is 9.75. The molecule has 0 radical (unpaired) electrons. The van der Waals surface area contributed by atoms with E-state index in [1.165, 1.54) is 0 Å². The monoisotopic (exact) mass is 233 g/mol. The van der Waals surface area contributed by atoms with Gasteiger partial charge in [-0.05, 0) is 30.9 Å². The van der Waals surface area contributed by atoms with Crippen LogP contribution in [-0.4, -0.2) is 17.0 Å². The average molecular weight is 233 g/mol. The Bertz CT molecular complexity index is 480. The first kappa shape index (κ1) is 11.6. The second-order valence-corrected chi connectivity index (χ2v) is 4.43. The van der Waals surface area contributed by atoms with Crippen molar-refractivity contribution in [2.75, 3.05) is 5.32 Å². The number of aliphatic carboxylic acids is 1. The molecule has 4 heteroatoms. The number of benzene rings is 1. The molecule has 2 N–H and O–H groups in total. The van der Waals surface area contributed by atoms with Crippen molar-refractivity contribution in [2.24, 2.45) is 0 Å². The standard InChI is InChI=1S/C13H15NO3/c1-8-5-9(3-2-4-12(16)17)13-10(6-8)7-11(15)14-13/h5-6H,2-4,7H2,1H3,(H,14,15)(H,16,17). The first-order chi connectivity index (χ1) is 8.06. The first-order valence-corrected chi connectivity index (χ1v) is 5.70. The summed E-state index contributed by atoms with van der Waals surface area (Å²) in [5, 5.41) is 11.5. The SMILES string of the molecule is Cc1cc(CCCC(=O)O)c2c(c1)CC(=O)N2. The van der Waals surface area contributed by atoms with Gasteiger partial charge in [-0.25, -0.2) is 0 Å². The summed E-state index contributed by atoms with van der Waals surface area (Å²) in [5.74, 6) is -0.761. The summed E-state index contributed by atoms with van der Waals surface area (Å²) >= 11 is 0. The molecule has 1 aliphatic rings. The minimum Gasteiger partial charge on any atom is -0.481 e. The molecular weight excluding hydrogens is 218 g/mol. The number of carbonyl (C=O) groups is 2. The third kappa shape index (κ3) is 2.64. The van der Waals surface area contributed by atoms with Crippen LogP contribution in [0, 0.1) is 6.92 Å². The maximum Gasteiger partial charge on any atom is 0.303 e. The van der Waals surface area contributed by atoms with E-state index in [2.05, 4.69) is 5.32 Å². The molecule has 0 bridgehead atoms. The van der Waals surface area contributed by atoms with Gasteiger partial charge in [-0.2, -0.15) is 0 Å². The number of aryl methyl sites for hydroxylation is 2. The Balaban J connectivity index is 2.17. The van der Waals surface area contributed by atoms with Crippen LogP contribution in [0.25, 0.3) is 0 Å². The van der Waals surface area contributed by atoms with Crippen molar-refractivity contribution in [1.82, 2.24) is 0 Å². The van der Waals surface area contributed by atoms with Crippen LogP contribution in [0.4, 0.5) is 5.69 Å². The Morgan fingerprint density at radius 2 is 2.24 bits per heavy atom. The Labute approximate surface area is 99.6 Å².